The van der Waals surface area contributed by atoms with Crippen LogP contribution >= 0.6 is 11.3 Å². The standard InChI is InChI=1S/C26H20OS/c27-25-22(17-19-11-5-2-6-12-19)20(16-15-18-9-3-1-4-10-18)26-24(25)21-13-7-8-14-23(21)28-26/h1-14,17,20H,15-16H2/b22-17-. The summed E-state index contributed by atoms with van der Waals surface area (Å²) < 4.78 is 1.21. The zero-order chi connectivity index (χ0) is 18.9. The number of fused-ring (bicyclic) bond motifs is 3. The van der Waals surface area contributed by atoms with E-state index in [9.17, 15) is 4.79 Å². The number of rotatable bonds is 4. The molecule has 0 amide bonds. The van der Waals surface area contributed by atoms with E-state index in [-0.39, 0.29) is 11.7 Å². The average molecular weight is 381 g/mol. The summed E-state index contributed by atoms with van der Waals surface area (Å²) in [7, 11) is 0. The summed E-state index contributed by atoms with van der Waals surface area (Å²) in [6.45, 7) is 0. The number of allylic oxidation sites excluding steroid dienone is 1. The van der Waals surface area contributed by atoms with Gasteiger partial charge in [0.05, 0.1) is 0 Å². The maximum absolute atomic E-state index is 13.4. The molecule has 0 saturated carbocycles. The van der Waals surface area contributed by atoms with Crippen LogP contribution in [0.25, 0.3) is 16.2 Å². The maximum atomic E-state index is 13.4. The van der Waals surface area contributed by atoms with Gasteiger partial charge in [-0.2, -0.15) is 0 Å². The van der Waals surface area contributed by atoms with Crippen molar-refractivity contribution in [1.82, 2.24) is 0 Å². The van der Waals surface area contributed by atoms with Gasteiger partial charge in [0.2, 0.25) is 0 Å². The van der Waals surface area contributed by atoms with Gasteiger partial charge in [-0.05, 0) is 36.1 Å². The highest BCUT2D eigenvalue weighted by Crippen LogP contribution is 2.48. The first-order valence-electron chi connectivity index (χ1n) is 9.68. The Kier molecular flexibility index (Phi) is 4.42. The van der Waals surface area contributed by atoms with Gasteiger partial charge in [0, 0.05) is 32.0 Å². The fourth-order valence-electron chi connectivity index (χ4n) is 4.13. The molecule has 1 aliphatic rings. The molecule has 1 aliphatic carbocycles. The molecule has 1 heterocycles. The molecular formula is C26H20OS. The van der Waals surface area contributed by atoms with Crippen molar-refractivity contribution in [2.45, 2.75) is 18.8 Å². The van der Waals surface area contributed by atoms with E-state index in [0.717, 1.165) is 34.9 Å². The van der Waals surface area contributed by atoms with E-state index < -0.39 is 0 Å². The van der Waals surface area contributed by atoms with Gasteiger partial charge >= 0.3 is 0 Å². The molecule has 1 nitrogen and oxygen atoms in total. The predicted octanol–water partition coefficient (Wildman–Crippen LogP) is 6.90. The molecule has 0 N–H and O–H groups in total. The Morgan fingerprint density at radius 1 is 0.821 bits per heavy atom. The molecule has 0 fully saturated rings. The lowest BCUT2D eigenvalue weighted by atomic mass is 9.93. The third-order valence-corrected chi connectivity index (χ3v) is 6.77. The summed E-state index contributed by atoms with van der Waals surface area (Å²) >= 11 is 1.79. The summed E-state index contributed by atoms with van der Waals surface area (Å²) in [5, 5.41) is 1.11. The fourth-order valence-corrected chi connectivity index (χ4v) is 5.48. The number of thiophene rings is 1. The normalized spacial score (nSPS) is 17.4. The number of carbonyl (C=O) groups is 1. The van der Waals surface area contributed by atoms with E-state index in [1.54, 1.807) is 11.3 Å². The molecule has 1 aromatic heterocycles. The molecule has 28 heavy (non-hydrogen) atoms. The monoisotopic (exact) mass is 380 g/mol. The number of carbonyl (C=O) groups excluding carboxylic acids is 1. The lowest BCUT2D eigenvalue weighted by Gasteiger charge is -2.12. The van der Waals surface area contributed by atoms with E-state index in [2.05, 4.69) is 60.7 Å². The molecule has 0 bridgehead atoms. The van der Waals surface area contributed by atoms with E-state index in [1.165, 1.54) is 15.1 Å². The van der Waals surface area contributed by atoms with Crippen molar-refractivity contribution >= 4 is 33.3 Å². The Labute approximate surface area is 169 Å². The molecule has 4 aromatic rings. The number of ketones is 1. The van der Waals surface area contributed by atoms with Crippen LogP contribution in [0.4, 0.5) is 0 Å². The van der Waals surface area contributed by atoms with Gasteiger partial charge in [0.15, 0.2) is 5.78 Å². The second-order valence-electron chi connectivity index (χ2n) is 7.25. The molecule has 1 atom stereocenters. The Bertz CT molecular complexity index is 1170. The average Bonchev–Trinajstić information content (AvgIpc) is 3.24. The van der Waals surface area contributed by atoms with Crippen LogP contribution in [0.15, 0.2) is 90.5 Å². The Morgan fingerprint density at radius 3 is 2.29 bits per heavy atom. The van der Waals surface area contributed by atoms with Crippen molar-refractivity contribution in [2.75, 3.05) is 0 Å². The van der Waals surface area contributed by atoms with Crippen LogP contribution in [-0.4, -0.2) is 5.78 Å². The fraction of sp³-hybridized carbons (Fsp3) is 0.115. The number of hydrogen-bond donors (Lipinski definition) is 0. The number of Topliss-reactive ketones (excluding diaryl/α,β-unsaturated/α-hetero) is 1. The van der Waals surface area contributed by atoms with Gasteiger partial charge in [-0.25, -0.2) is 0 Å². The van der Waals surface area contributed by atoms with Crippen molar-refractivity contribution in [3.63, 3.8) is 0 Å². The molecule has 0 saturated heterocycles. The minimum atomic E-state index is 0.167. The van der Waals surface area contributed by atoms with E-state index >= 15 is 0 Å². The number of hydrogen-bond acceptors (Lipinski definition) is 2. The van der Waals surface area contributed by atoms with Crippen LogP contribution in [0.2, 0.25) is 0 Å². The van der Waals surface area contributed by atoms with Gasteiger partial charge in [0.1, 0.15) is 0 Å². The molecule has 3 aromatic carbocycles. The molecule has 5 rings (SSSR count). The summed E-state index contributed by atoms with van der Waals surface area (Å²) in [5.74, 6) is 0.370. The molecule has 1 unspecified atom stereocenters. The zero-order valence-corrected chi connectivity index (χ0v) is 16.3. The summed E-state index contributed by atoms with van der Waals surface area (Å²) in [5.41, 5.74) is 4.29. The highest BCUT2D eigenvalue weighted by atomic mass is 32.1. The molecule has 0 aliphatic heterocycles. The van der Waals surface area contributed by atoms with Crippen LogP contribution < -0.4 is 0 Å². The van der Waals surface area contributed by atoms with Crippen molar-refractivity contribution in [1.29, 1.82) is 0 Å². The molecule has 0 radical (unpaired) electrons. The second kappa shape index (κ2) is 7.21. The molecular weight excluding hydrogens is 360 g/mol. The Balaban J connectivity index is 1.59. The highest BCUT2D eigenvalue weighted by molar-refractivity contribution is 7.19. The lowest BCUT2D eigenvalue weighted by molar-refractivity contribution is 0.103. The largest absolute Gasteiger partial charge is 0.289 e. The highest BCUT2D eigenvalue weighted by Gasteiger charge is 2.37. The summed E-state index contributed by atoms with van der Waals surface area (Å²) in [6, 6.07) is 29.0. The van der Waals surface area contributed by atoms with Crippen LogP contribution in [0.3, 0.4) is 0 Å². The molecule has 0 spiro atoms. The topological polar surface area (TPSA) is 17.1 Å². The van der Waals surface area contributed by atoms with Crippen LogP contribution in [-0.2, 0) is 6.42 Å². The van der Waals surface area contributed by atoms with Crippen molar-refractivity contribution < 1.29 is 4.79 Å². The summed E-state index contributed by atoms with van der Waals surface area (Å²) in [6.07, 6.45) is 4.02. The second-order valence-corrected chi connectivity index (χ2v) is 8.34. The third kappa shape index (κ3) is 3.00. The van der Waals surface area contributed by atoms with Gasteiger partial charge < -0.3 is 0 Å². The first-order chi connectivity index (χ1) is 13.8. The van der Waals surface area contributed by atoms with Crippen LogP contribution in [0, 0.1) is 0 Å². The first kappa shape index (κ1) is 17.2. The minimum Gasteiger partial charge on any atom is -0.289 e. The van der Waals surface area contributed by atoms with Crippen LogP contribution in [0.5, 0.6) is 0 Å². The minimum absolute atomic E-state index is 0.167. The third-order valence-electron chi connectivity index (χ3n) is 5.49. The van der Waals surface area contributed by atoms with Gasteiger partial charge in [-0.15, -0.1) is 11.3 Å². The quantitative estimate of drug-likeness (QED) is 0.352. The smallest absolute Gasteiger partial charge is 0.191 e. The predicted molar refractivity (Wildman–Crippen MR) is 118 cm³/mol. The Morgan fingerprint density at radius 2 is 1.50 bits per heavy atom. The van der Waals surface area contributed by atoms with E-state index in [0.29, 0.717) is 0 Å². The Hall–Kier alpha value is -2.97. The van der Waals surface area contributed by atoms with Gasteiger partial charge in [0.25, 0.3) is 0 Å². The van der Waals surface area contributed by atoms with Gasteiger partial charge in [-0.1, -0.05) is 78.9 Å². The van der Waals surface area contributed by atoms with Gasteiger partial charge in [-0.3, -0.25) is 4.79 Å². The molecule has 136 valence electrons. The van der Waals surface area contributed by atoms with E-state index in [1.807, 2.05) is 30.3 Å². The van der Waals surface area contributed by atoms with Crippen molar-refractivity contribution in [2.24, 2.45) is 0 Å². The van der Waals surface area contributed by atoms with Crippen molar-refractivity contribution in [3.8, 4) is 0 Å². The maximum Gasteiger partial charge on any atom is 0.191 e. The van der Waals surface area contributed by atoms with Crippen LogP contribution in [0.1, 0.15) is 38.7 Å². The first-order valence-corrected chi connectivity index (χ1v) is 10.5. The molecule has 2 heteroatoms. The van der Waals surface area contributed by atoms with E-state index in [4.69, 9.17) is 0 Å². The summed E-state index contributed by atoms with van der Waals surface area (Å²) in [4.78, 5) is 14.7. The number of aryl methyl sites for hydroxylation is 1. The SMILES string of the molecule is O=C1/C(=C\c2ccccc2)C(CCc2ccccc2)c2sc3ccccc3c21. The van der Waals surface area contributed by atoms with Crippen molar-refractivity contribution in [3.05, 3.63) is 112 Å². The zero-order valence-electron chi connectivity index (χ0n) is 15.5. The number of benzene rings is 3. The lowest BCUT2D eigenvalue weighted by Crippen LogP contribution is -2.02.